The number of ether oxygens (including phenoxy) is 14. The Morgan fingerprint density at radius 2 is 0.415 bits per heavy atom. The van der Waals surface area contributed by atoms with Gasteiger partial charge in [-0.25, -0.2) is 19.2 Å². The normalized spacial score (nSPS) is 13.0. The molecule has 0 radical (unpaired) electrons. The van der Waals surface area contributed by atoms with Crippen LogP contribution in [-0.2, 0) is 85.5 Å². The number of carbonyl (C=O) groups excluding carboxylic acids is 4. The zero-order valence-corrected chi connectivity index (χ0v) is 59.4. The van der Waals surface area contributed by atoms with E-state index in [4.69, 9.17) is 66.3 Å². The molecule has 4 atom stereocenters. The van der Waals surface area contributed by atoms with Crippen molar-refractivity contribution in [3.63, 3.8) is 0 Å². The number of rotatable bonds is 77. The van der Waals surface area contributed by atoms with Gasteiger partial charge in [0.25, 0.3) is 0 Å². The molecule has 24 heteroatoms. The summed E-state index contributed by atoms with van der Waals surface area (Å²) in [5.74, 6) is -3.30. The third kappa shape index (κ3) is 63.9. The van der Waals surface area contributed by atoms with Crippen LogP contribution in [0, 0.1) is 0 Å². The van der Waals surface area contributed by atoms with Crippen LogP contribution in [0.3, 0.4) is 0 Å². The number of nitrogens with zero attached hydrogens (tertiary/aromatic N) is 2. The molecule has 0 aliphatic heterocycles. The highest BCUT2D eigenvalue weighted by molar-refractivity contribution is 5.76. The number of hydrogen-bond donors (Lipinski definition) is 4. The van der Waals surface area contributed by atoms with Crippen LogP contribution in [0.4, 0.5) is 0 Å². The van der Waals surface area contributed by atoms with Gasteiger partial charge in [-0.3, -0.25) is 9.80 Å². The first kappa shape index (κ1) is 91.2. The van der Waals surface area contributed by atoms with Gasteiger partial charge in [-0.2, -0.15) is 0 Å². The van der Waals surface area contributed by atoms with Gasteiger partial charge in [0.2, 0.25) is 0 Å². The highest BCUT2D eigenvalue weighted by atomic mass is 16.7. The van der Waals surface area contributed by atoms with Gasteiger partial charge in [-0.05, 0) is 103 Å². The zero-order chi connectivity index (χ0) is 68.7. The van der Waals surface area contributed by atoms with Crippen molar-refractivity contribution < 1.29 is 106 Å². The number of carbonyl (C=O) groups is 4. The molecule has 94 heavy (non-hydrogen) atoms. The van der Waals surface area contributed by atoms with Crippen molar-refractivity contribution in [1.82, 2.24) is 9.80 Å². The quantitative estimate of drug-likeness (QED) is 0.0191. The summed E-state index contributed by atoms with van der Waals surface area (Å²) in [7, 11) is 0. The summed E-state index contributed by atoms with van der Waals surface area (Å²) in [6.45, 7) is 14.9. The van der Waals surface area contributed by atoms with Gasteiger partial charge < -0.3 is 86.7 Å². The van der Waals surface area contributed by atoms with Crippen LogP contribution in [0.2, 0.25) is 0 Å². The smallest absolute Gasteiger partial charge is 0.336 e. The fraction of sp³-hybridized carbons (Fsp3) is 0.943. The van der Waals surface area contributed by atoms with E-state index in [0.29, 0.717) is 78.5 Å². The van der Waals surface area contributed by atoms with Gasteiger partial charge in [0, 0.05) is 92.1 Å². The van der Waals surface area contributed by atoms with Crippen LogP contribution in [0.15, 0.2) is 0 Å². The van der Waals surface area contributed by atoms with Crippen LogP contribution in [0.5, 0.6) is 0 Å². The minimum atomic E-state index is -1.57. The predicted molar refractivity (Wildman–Crippen MR) is 360 cm³/mol. The molecule has 0 bridgehead atoms. The van der Waals surface area contributed by atoms with Crippen LogP contribution in [0.25, 0.3) is 0 Å². The summed E-state index contributed by atoms with van der Waals surface area (Å²) in [5, 5.41) is 43.7. The molecule has 0 aromatic rings. The van der Waals surface area contributed by atoms with E-state index in [9.17, 15) is 39.6 Å². The van der Waals surface area contributed by atoms with E-state index in [1.165, 1.54) is 61.2 Å². The Hall–Kier alpha value is -2.76. The lowest BCUT2D eigenvalue weighted by Crippen LogP contribution is -2.45. The number of hydrogen-bond acceptors (Lipinski definition) is 24. The first-order valence-corrected chi connectivity index (χ1v) is 36.6. The Morgan fingerprint density at radius 3 is 0.606 bits per heavy atom. The molecule has 0 spiro atoms. The summed E-state index contributed by atoms with van der Waals surface area (Å²) in [6, 6.07) is 0. The van der Waals surface area contributed by atoms with Crippen LogP contribution < -0.4 is 0 Å². The Morgan fingerprint density at radius 1 is 0.234 bits per heavy atom. The molecule has 0 amide bonds. The van der Waals surface area contributed by atoms with E-state index < -0.39 is 48.3 Å². The molecule has 0 saturated carbocycles. The number of esters is 4. The highest BCUT2D eigenvalue weighted by Crippen LogP contribution is 2.10. The third-order valence-corrected chi connectivity index (χ3v) is 15.2. The maximum Gasteiger partial charge on any atom is 0.336 e. The molecule has 558 valence electrons. The molecule has 0 fully saturated rings. The molecule has 24 nitrogen and oxygen atoms in total. The van der Waals surface area contributed by atoms with Crippen molar-refractivity contribution >= 4 is 23.9 Å². The van der Waals surface area contributed by atoms with E-state index in [1.54, 1.807) is 0 Å². The van der Waals surface area contributed by atoms with E-state index in [2.05, 4.69) is 27.7 Å². The number of aliphatic hydroxyl groups is 4. The van der Waals surface area contributed by atoms with Crippen molar-refractivity contribution in [3.05, 3.63) is 0 Å². The average molecular weight is 1360 g/mol. The topological polar surface area (TPSA) is 285 Å². The highest BCUT2D eigenvalue weighted by Gasteiger charge is 2.27. The largest absolute Gasteiger partial charge is 0.464 e. The zero-order valence-electron chi connectivity index (χ0n) is 59.4. The molecule has 4 unspecified atom stereocenters. The monoisotopic (exact) mass is 1360 g/mol. The number of unbranched alkanes of at least 4 members (excludes halogenated alkanes) is 24. The number of aliphatic hydroxyl groups excluding tert-OH is 4. The fourth-order valence-corrected chi connectivity index (χ4v) is 9.45. The summed E-state index contributed by atoms with van der Waals surface area (Å²) in [6.07, 6.45) is 24.5. The fourth-order valence-electron chi connectivity index (χ4n) is 9.45. The second-order valence-electron chi connectivity index (χ2n) is 24.1. The summed E-state index contributed by atoms with van der Waals surface area (Å²) in [4.78, 5) is 54.7. The Labute approximate surface area is 567 Å². The molecule has 0 heterocycles. The molecule has 0 saturated heterocycles. The molecule has 4 N–H and O–H groups in total. The molecular weight excluding hydrogens is 1220 g/mol. The van der Waals surface area contributed by atoms with Crippen LogP contribution >= 0.6 is 0 Å². The lowest BCUT2D eigenvalue weighted by molar-refractivity contribution is -0.158. The Bertz CT molecular complexity index is 1410. The lowest BCUT2D eigenvalue weighted by atomic mass is 10.2. The van der Waals surface area contributed by atoms with Crippen molar-refractivity contribution in [1.29, 1.82) is 0 Å². The van der Waals surface area contributed by atoms with Crippen molar-refractivity contribution in [2.45, 2.75) is 258 Å². The van der Waals surface area contributed by atoms with Crippen molar-refractivity contribution in [2.75, 3.05) is 172 Å². The molecule has 0 aliphatic rings. The van der Waals surface area contributed by atoms with Gasteiger partial charge in [-0.1, -0.05) is 130 Å². The van der Waals surface area contributed by atoms with E-state index in [1.807, 2.05) is 0 Å². The van der Waals surface area contributed by atoms with Gasteiger partial charge >= 0.3 is 23.9 Å². The Balaban J connectivity index is 5.27. The first-order valence-electron chi connectivity index (χ1n) is 36.6. The van der Waals surface area contributed by atoms with Gasteiger partial charge in [0.15, 0.2) is 24.4 Å². The molecule has 0 aromatic carbocycles. The summed E-state index contributed by atoms with van der Waals surface area (Å²) >= 11 is 0. The van der Waals surface area contributed by atoms with Crippen molar-refractivity contribution in [2.24, 2.45) is 0 Å². The minimum Gasteiger partial charge on any atom is -0.464 e. The summed E-state index contributed by atoms with van der Waals surface area (Å²) in [5.41, 5.74) is 0. The maximum atomic E-state index is 12.9. The first-order chi connectivity index (χ1) is 46.0. The average Bonchev–Trinajstić information content (AvgIpc) is 1.82. The van der Waals surface area contributed by atoms with Gasteiger partial charge in [0.05, 0.1) is 52.9 Å². The van der Waals surface area contributed by atoms with E-state index in [-0.39, 0.29) is 119 Å². The van der Waals surface area contributed by atoms with Crippen LogP contribution in [-0.4, -0.2) is 251 Å². The molecule has 0 aliphatic carbocycles. The van der Waals surface area contributed by atoms with Gasteiger partial charge in [0.1, 0.15) is 27.2 Å². The van der Waals surface area contributed by atoms with Crippen LogP contribution in [0.1, 0.15) is 233 Å². The standard InChI is InChI=1S/C70H136N2O22/c1-5-9-13-25-39-83-59-87-43-29-17-21-33-47-91-67(77)63(73)55-71(56-64(74)68(78)92-48-34-22-18-30-44-88-60-84-40-26-14-10-6-2)37-51-81-53-54-82-52-38-72(57-65(75)69(79)93-49-35-23-19-31-45-89-61-85-41-27-15-11-7-3)58-66(76)70(80)94-50-36-24-20-32-46-90-62-86-42-28-16-12-8-4/h63-66,73-76H,5-62H2,1-4H3. The van der Waals surface area contributed by atoms with Crippen molar-refractivity contribution in [3.8, 4) is 0 Å². The second kappa shape index (κ2) is 73.0. The summed E-state index contributed by atoms with van der Waals surface area (Å²) < 4.78 is 77.4. The third-order valence-electron chi connectivity index (χ3n) is 15.2. The molecule has 0 rings (SSSR count). The van der Waals surface area contributed by atoms with E-state index in [0.717, 1.165) is 128 Å². The van der Waals surface area contributed by atoms with Gasteiger partial charge in [-0.15, -0.1) is 0 Å². The lowest BCUT2D eigenvalue weighted by Gasteiger charge is -2.26. The second-order valence-corrected chi connectivity index (χ2v) is 24.1. The molecular formula is C70H136N2O22. The SMILES string of the molecule is CCCCCCOCOCCCCCCOC(=O)C(O)CN(CCOCCOCCN(CC(O)C(=O)OCCCCCCOCOCCCCCC)CC(O)C(=O)OCCCCCCOCOCCCCCC)CC(O)C(=O)OCCCCCCOCOCCCCCC. The maximum absolute atomic E-state index is 12.9. The minimum absolute atomic E-state index is 0.0670. The predicted octanol–water partition coefficient (Wildman–Crippen LogP) is 9.77. The molecule has 0 aromatic heterocycles. The Kier molecular flexibility index (Phi) is 70.8. The van der Waals surface area contributed by atoms with E-state index >= 15 is 0 Å².